The Bertz CT molecular complexity index is 428. The zero-order valence-electron chi connectivity index (χ0n) is 7.70. The van der Waals surface area contributed by atoms with Gasteiger partial charge in [-0.15, -0.1) is 0 Å². The van der Waals surface area contributed by atoms with Crippen LogP contribution in [-0.4, -0.2) is 20.7 Å². The molecule has 0 aromatic heterocycles. The van der Waals surface area contributed by atoms with Crippen LogP contribution in [0.15, 0.2) is 18.2 Å². The van der Waals surface area contributed by atoms with E-state index in [1.165, 1.54) is 18.2 Å². The Morgan fingerprint density at radius 2 is 1.73 bits per heavy atom. The van der Waals surface area contributed by atoms with E-state index >= 15 is 0 Å². The molecule has 0 atom stereocenters. The summed E-state index contributed by atoms with van der Waals surface area (Å²) in [5.74, 6) is -0.142. The first-order chi connectivity index (χ1) is 6.93. The molecule has 1 aromatic carbocycles. The molecule has 4 nitrogen and oxygen atoms in total. The van der Waals surface area contributed by atoms with Gasteiger partial charge in [0.25, 0.3) is 0 Å². The molecule has 0 spiro atoms. The first kappa shape index (κ1) is 12.6. The maximum atomic E-state index is 11.3. The predicted molar refractivity (Wildman–Crippen MR) is 62.9 cm³/mol. The predicted octanol–water partition coefficient (Wildman–Crippen LogP) is 1.69. The molecule has 0 saturated carbocycles. The molecule has 0 radical (unpaired) electrons. The molecule has 7 heteroatoms. The van der Waals surface area contributed by atoms with E-state index < -0.39 is 10.0 Å². The van der Waals surface area contributed by atoms with Crippen molar-refractivity contribution < 1.29 is 8.42 Å². The molecular weight excluding hydrogens is 259 g/mol. The van der Waals surface area contributed by atoms with Crippen LogP contribution in [0, 0.1) is 0 Å². The lowest BCUT2D eigenvalue weighted by atomic mass is 10.3. The van der Waals surface area contributed by atoms with E-state index in [4.69, 9.17) is 28.9 Å². The van der Waals surface area contributed by atoms with Gasteiger partial charge in [-0.05, 0) is 18.2 Å². The van der Waals surface area contributed by atoms with Crippen LogP contribution in [0.3, 0.4) is 0 Å². The van der Waals surface area contributed by atoms with Gasteiger partial charge >= 0.3 is 0 Å². The minimum absolute atomic E-state index is 0.0592. The highest BCUT2D eigenvalue weighted by Crippen LogP contribution is 2.23. The molecule has 84 valence electrons. The summed E-state index contributed by atoms with van der Waals surface area (Å²) in [6.45, 7) is 0.0592. The Balaban J connectivity index is 2.90. The lowest BCUT2D eigenvalue weighted by Gasteiger charge is -2.07. The topological polar surface area (TPSA) is 72.2 Å². The van der Waals surface area contributed by atoms with Crippen LogP contribution in [0.4, 0.5) is 5.69 Å². The minimum atomic E-state index is -3.41. The van der Waals surface area contributed by atoms with E-state index in [0.717, 1.165) is 0 Å². The summed E-state index contributed by atoms with van der Waals surface area (Å²) < 4.78 is 25.0. The van der Waals surface area contributed by atoms with E-state index in [1.54, 1.807) is 0 Å². The first-order valence-corrected chi connectivity index (χ1v) is 6.50. The normalized spacial score (nSPS) is 11.4. The Hall–Kier alpha value is -0.490. The second-order valence-corrected chi connectivity index (χ2v) is 5.58. The Morgan fingerprint density at radius 1 is 1.20 bits per heavy atom. The van der Waals surface area contributed by atoms with Crippen molar-refractivity contribution in [1.29, 1.82) is 0 Å². The standard InChI is InChI=1S/C8H10Cl2N2O2S/c9-6-3-7(10)5-8(4-6)12-15(13,14)2-1-11/h3-5,12H,1-2,11H2. The second kappa shape index (κ2) is 5.03. The van der Waals surface area contributed by atoms with E-state index in [0.29, 0.717) is 15.7 Å². The number of hydrogen-bond acceptors (Lipinski definition) is 3. The summed E-state index contributed by atoms with van der Waals surface area (Å²) in [7, 11) is -3.41. The van der Waals surface area contributed by atoms with Crippen LogP contribution in [0.25, 0.3) is 0 Å². The first-order valence-electron chi connectivity index (χ1n) is 4.09. The number of halogens is 2. The number of benzene rings is 1. The van der Waals surface area contributed by atoms with Gasteiger partial charge in [0.05, 0.1) is 11.4 Å². The van der Waals surface area contributed by atoms with Gasteiger partial charge in [0, 0.05) is 16.6 Å². The van der Waals surface area contributed by atoms with Gasteiger partial charge < -0.3 is 5.73 Å². The third kappa shape index (κ3) is 4.25. The molecule has 0 unspecified atom stereocenters. The van der Waals surface area contributed by atoms with E-state index in [9.17, 15) is 8.42 Å². The number of nitrogens with two attached hydrogens (primary N) is 1. The van der Waals surface area contributed by atoms with Gasteiger partial charge in [0.1, 0.15) is 0 Å². The molecule has 0 fully saturated rings. The zero-order chi connectivity index (χ0) is 11.5. The molecule has 0 amide bonds. The van der Waals surface area contributed by atoms with Gasteiger partial charge in [0.2, 0.25) is 10.0 Å². The lowest BCUT2D eigenvalue weighted by molar-refractivity contribution is 0.601. The van der Waals surface area contributed by atoms with E-state index in [2.05, 4.69) is 4.72 Å². The molecule has 0 aliphatic heterocycles. The van der Waals surface area contributed by atoms with Gasteiger partial charge in [0.15, 0.2) is 0 Å². The third-order valence-corrected chi connectivity index (χ3v) is 3.28. The quantitative estimate of drug-likeness (QED) is 0.873. The number of hydrogen-bond donors (Lipinski definition) is 2. The largest absolute Gasteiger partial charge is 0.329 e. The number of anilines is 1. The lowest BCUT2D eigenvalue weighted by Crippen LogP contribution is -2.22. The summed E-state index contributed by atoms with van der Waals surface area (Å²) in [4.78, 5) is 0. The second-order valence-electron chi connectivity index (χ2n) is 2.87. The molecular formula is C8H10Cl2N2O2S. The highest BCUT2D eigenvalue weighted by Gasteiger charge is 2.09. The summed E-state index contributed by atoms with van der Waals surface area (Å²) >= 11 is 11.4. The van der Waals surface area contributed by atoms with Crippen LogP contribution in [0.1, 0.15) is 0 Å². The fourth-order valence-corrected chi connectivity index (χ4v) is 2.41. The van der Waals surface area contributed by atoms with Crippen LogP contribution in [0.5, 0.6) is 0 Å². The van der Waals surface area contributed by atoms with Crippen molar-refractivity contribution >= 4 is 38.9 Å². The van der Waals surface area contributed by atoms with Gasteiger partial charge in [-0.3, -0.25) is 4.72 Å². The van der Waals surface area contributed by atoms with Crippen LogP contribution in [0.2, 0.25) is 10.0 Å². The monoisotopic (exact) mass is 268 g/mol. The summed E-state index contributed by atoms with van der Waals surface area (Å²) in [6.07, 6.45) is 0. The van der Waals surface area contributed by atoms with Gasteiger partial charge in [-0.2, -0.15) is 0 Å². The van der Waals surface area contributed by atoms with Crippen molar-refractivity contribution in [2.45, 2.75) is 0 Å². The van der Waals surface area contributed by atoms with Gasteiger partial charge in [-0.25, -0.2) is 8.42 Å². The highest BCUT2D eigenvalue weighted by atomic mass is 35.5. The van der Waals surface area contributed by atoms with E-state index in [-0.39, 0.29) is 12.3 Å². The van der Waals surface area contributed by atoms with E-state index in [1.807, 2.05) is 0 Å². The molecule has 0 heterocycles. The molecule has 0 aliphatic rings. The van der Waals surface area contributed by atoms with Crippen molar-refractivity contribution in [3.8, 4) is 0 Å². The van der Waals surface area contributed by atoms with Crippen molar-refractivity contribution in [2.75, 3.05) is 17.0 Å². The van der Waals surface area contributed by atoms with Crippen LogP contribution < -0.4 is 10.5 Å². The molecule has 0 saturated heterocycles. The minimum Gasteiger partial charge on any atom is -0.329 e. The van der Waals surface area contributed by atoms with Crippen molar-refractivity contribution in [1.82, 2.24) is 0 Å². The number of nitrogens with one attached hydrogen (secondary N) is 1. The van der Waals surface area contributed by atoms with Crippen LogP contribution >= 0.6 is 23.2 Å². The fourth-order valence-electron chi connectivity index (χ4n) is 0.998. The molecule has 0 bridgehead atoms. The molecule has 1 aromatic rings. The molecule has 15 heavy (non-hydrogen) atoms. The average Bonchev–Trinajstić information content (AvgIpc) is 1.99. The van der Waals surface area contributed by atoms with Crippen LogP contribution in [-0.2, 0) is 10.0 Å². The third-order valence-electron chi connectivity index (χ3n) is 1.52. The molecule has 1 rings (SSSR count). The average molecular weight is 269 g/mol. The molecule has 0 aliphatic carbocycles. The smallest absolute Gasteiger partial charge is 0.233 e. The van der Waals surface area contributed by atoms with Crippen molar-refractivity contribution in [3.63, 3.8) is 0 Å². The Morgan fingerprint density at radius 3 is 2.20 bits per heavy atom. The maximum Gasteiger partial charge on any atom is 0.233 e. The summed E-state index contributed by atoms with van der Waals surface area (Å²) in [5.41, 5.74) is 5.49. The molecule has 3 N–H and O–H groups in total. The van der Waals surface area contributed by atoms with Crippen molar-refractivity contribution in [3.05, 3.63) is 28.2 Å². The SMILES string of the molecule is NCCS(=O)(=O)Nc1cc(Cl)cc(Cl)c1. The fraction of sp³-hybridized carbons (Fsp3) is 0.250. The maximum absolute atomic E-state index is 11.3. The van der Waals surface area contributed by atoms with Gasteiger partial charge in [-0.1, -0.05) is 23.2 Å². The Labute approximate surface area is 98.4 Å². The summed E-state index contributed by atoms with van der Waals surface area (Å²) in [6, 6.07) is 4.47. The zero-order valence-corrected chi connectivity index (χ0v) is 10.0. The number of sulfonamides is 1. The Kier molecular flexibility index (Phi) is 4.21. The highest BCUT2D eigenvalue weighted by molar-refractivity contribution is 7.92. The number of rotatable bonds is 4. The van der Waals surface area contributed by atoms with Crippen molar-refractivity contribution in [2.24, 2.45) is 5.73 Å². The summed E-state index contributed by atoms with van der Waals surface area (Å²) in [5, 5.41) is 0.737.